The summed E-state index contributed by atoms with van der Waals surface area (Å²) in [6.07, 6.45) is 4.42. The number of hydrogen-bond acceptors (Lipinski definition) is 3. The molecule has 5 nitrogen and oxygen atoms in total. The van der Waals surface area contributed by atoms with E-state index in [1.807, 2.05) is 12.1 Å². The molecule has 26 heavy (non-hydrogen) atoms. The lowest BCUT2D eigenvalue weighted by Crippen LogP contribution is -2.36. The average Bonchev–Trinajstić information content (AvgIpc) is 3.01. The number of pyridine rings is 1. The maximum Gasteiger partial charge on any atom is 0.227 e. The average molecular weight is 392 g/mol. The summed E-state index contributed by atoms with van der Waals surface area (Å²) in [5.41, 5.74) is 1.75. The molecule has 0 N–H and O–H groups in total. The van der Waals surface area contributed by atoms with Gasteiger partial charge in [-0.3, -0.25) is 14.6 Å². The van der Waals surface area contributed by atoms with Gasteiger partial charge in [-0.1, -0.05) is 23.2 Å². The van der Waals surface area contributed by atoms with Gasteiger partial charge in [0, 0.05) is 54.7 Å². The van der Waals surface area contributed by atoms with Crippen LogP contribution in [0.1, 0.15) is 12.0 Å². The molecule has 0 aliphatic carbocycles. The fourth-order valence-corrected chi connectivity index (χ4v) is 3.60. The first-order valence-corrected chi connectivity index (χ1v) is 9.10. The normalized spacial score (nSPS) is 16.8. The summed E-state index contributed by atoms with van der Waals surface area (Å²) in [5.74, 6) is -0.477. The molecular weight excluding hydrogens is 373 g/mol. The smallest absolute Gasteiger partial charge is 0.227 e. The number of anilines is 1. The van der Waals surface area contributed by atoms with Gasteiger partial charge in [0.2, 0.25) is 11.8 Å². The zero-order chi connectivity index (χ0) is 18.7. The molecule has 2 heterocycles. The topological polar surface area (TPSA) is 53.5 Å². The second-order valence-corrected chi connectivity index (χ2v) is 7.27. The highest BCUT2D eigenvalue weighted by molar-refractivity contribution is 6.35. The van der Waals surface area contributed by atoms with Gasteiger partial charge < -0.3 is 9.80 Å². The van der Waals surface area contributed by atoms with Gasteiger partial charge in [-0.2, -0.15) is 0 Å². The maximum atomic E-state index is 12.7. The Bertz CT molecular complexity index is 793. The second kappa shape index (κ2) is 8.06. The van der Waals surface area contributed by atoms with Gasteiger partial charge in [-0.15, -0.1) is 0 Å². The predicted octanol–water partition coefficient (Wildman–Crippen LogP) is 3.44. The van der Waals surface area contributed by atoms with Crippen LogP contribution in [-0.4, -0.2) is 41.8 Å². The molecule has 1 fully saturated rings. The first-order valence-electron chi connectivity index (χ1n) is 8.34. The van der Waals surface area contributed by atoms with Crippen molar-refractivity contribution in [3.05, 3.63) is 58.3 Å². The van der Waals surface area contributed by atoms with E-state index in [1.165, 1.54) is 0 Å². The van der Waals surface area contributed by atoms with Crippen LogP contribution in [0, 0.1) is 5.92 Å². The van der Waals surface area contributed by atoms with Crippen LogP contribution in [0.2, 0.25) is 10.0 Å². The van der Waals surface area contributed by atoms with Crippen molar-refractivity contribution in [2.45, 2.75) is 12.8 Å². The van der Waals surface area contributed by atoms with Crippen molar-refractivity contribution in [2.24, 2.45) is 5.92 Å². The van der Waals surface area contributed by atoms with E-state index in [1.54, 1.807) is 47.4 Å². The number of rotatable bonds is 5. The highest BCUT2D eigenvalue weighted by Gasteiger charge is 2.36. The monoisotopic (exact) mass is 391 g/mol. The predicted molar refractivity (Wildman–Crippen MR) is 103 cm³/mol. The first-order chi connectivity index (χ1) is 12.4. The van der Waals surface area contributed by atoms with E-state index in [2.05, 4.69) is 4.98 Å². The number of nitrogens with zero attached hydrogens (tertiary/aromatic N) is 3. The zero-order valence-corrected chi connectivity index (χ0v) is 15.9. The molecule has 2 amide bonds. The molecule has 0 saturated carbocycles. The van der Waals surface area contributed by atoms with E-state index in [0.717, 1.165) is 12.0 Å². The number of carbonyl (C=O) groups is 2. The van der Waals surface area contributed by atoms with Crippen molar-refractivity contribution in [3.63, 3.8) is 0 Å². The van der Waals surface area contributed by atoms with Crippen LogP contribution < -0.4 is 4.90 Å². The molecule has 1 aromatic carbocycles. The molecule has 2 aromatic rings. The molecule has 1 aromatic heterocycles. The summed E-state index contributed by atoms with van der Waals surface area (Å²) in [6.45, 7) is 0.935. The summed E-state index contributed by atoms with van der Waals surface area (Å²) < 4.78 is 0. The lowest BCUT2D eigenvalue weighted by Gasteiger charge is -2.21. The van der Waals surface area contributed by atoms with Crippen LogP contribution in [0.25, 0.3) is 0 Å². The molecule has 1 unspecified atom stereocenters. The Hall–Kier alpha value is -2.11. The molecule has 136 valence electrons. The van der Waals surface area contributed by atoms with Crippen molar-refractivity contribution < 1.29 is 9.59 Å². The Balaban J connectivity index is 1.63. The van der Waals surface area contributed by atoms with Crippen molar-refractivity contribution in [3.8, 4) is 0 Å². The summed E-state index contributed by atoms with van der Waals surface area (Å²) in [4.78, 5) is 32.3. The summed E-state index contributed by atoms with van der Waals surface area (Å²) in [5, 5.41) is 0.925. The van der Waals surface area contributed by atoms with Gasteiger partial charge >= 0.3 is 0 Å². The molecule has 1 atom stereocenters. The third-order valence-electron chi connectivity index (χ3n) is 4.49. The van der Waals surface area contributed by atoms with Crippen LogP contribution in [0.5, 0.6) is 0 Å². The van der Waals surface area contributed by atoms with Gasteiger partial charge in [-0.05, 0) is 42.3 Å². The van der Waals surface area contributed by atoms with Crippen molar-refractivity contribution in [1.29, 1.82) is 0 Å². The van der Waals surface area contributed by atoms with Crippen molar-refractivity contribution in [2.75, 3.05) is 25.0 Å². The van der Waals surface area contributed by atoms with Crippen LogP contribution in [0.4, 0.5) is 5.69 Å². The lowest BCUT2D eigenvalue weighted by atomic mass is 10.1. The molecular formula is C19H19Cl2N3O2. The minimum atomic E-state index is -0.359. The minimum Gasteiger partial charge on any atom is -0.345 e. The summed E-state index contributed by atoms with van der Waals surface area (Å²) in [7, 11) is 1.77. The van der Waals surface area contributed by atoms with E-state index < -0.39 is 0 Å². The quantitative estimate of drug-likeness (QED) is 0.784. The van der Waals surface area contributed by atoms with Crippen LogP contribution in [-0.2, 0) is 16.0 Å². The fourth-order valence-electron chi connectivity index (χ4n) is 3.09. The lowest BCUT2D eigenvalue weighted by molar-refractivity contribution is -0.134. The van der Waals surface area contributed by atoms with Crippen molar-refractivity contribution in [1.82, 2.24) is 9.88 Å². The number of halogens is 2. The van der Waals surface area contributed by atoms with Crippen LogP contribution >= 0.6 is 23.2 Å². The number of hydrogen-bond donors (Lipinski definition) is 0. The van der Waals surface area contributed by atoms with E-state index >= 15 is 0 Å². The summed E-state index contributed by atoms with van der Waals surface area (Å²) in [6, 6.07) is 8.85. The Morgan fingerprint density at radius 3 is 2.54 bits per heavy atom. The van der Waals surface area contributed by atoms with Gasteiger partial charge in [0.15, 0.2) is 0 Å². The molecule has 0 radical (unpaired) electrons. The van der Waals surface area contributed by atoms with E-state index in [0.29, 0.717) is 28.8 Å². The second-order valence-electron chi connectivity index (χ2n) is 6.40. The van der Waals surface area contributed by atoms with Crippen LogP contribution in [0.3, 0.4) is 0 Å². The largest absolute Gasteiger partial charge is 0.345 e. The third-order valence-corrected chi connectivity index (χ3v) is 4.93. The van der Waals surface area contributed by atoms with Crippen molar-refractivity contribution >= 4 is 40.7 Å². The van der Waals surface area contributed by atoms with Gasteiger partial charge in [0.1, 0.15) is 0 Å². The number of likely N-dealkylation sites (N-methyl/N-ethyl adjacent to an activating group) is 1. The molecule has 1 saturated heterocycles. The molecule has 1 aliphatic rings. The first kappa shape index (κ1) is 18.7. The number of benzene rings is 1. The zero-order valence-electron chi connectivity index (χ0n) is 14.4. The van der Waals surface area contributed by atoms with Gasteiger partial charge in [0.25, 0.3) is 0 Å². The standard InChI is InChI=1S/C19H19Cl2N3O2/c1-23(7-4-13-2-5-22-6-3-13)19(26)14-8-18(25)24(12-14)17-10-15(20)9-16(21)11-17/h2-3,5-6,9-11,14H,4,7-8,12H2,1H3. The van der Waals surface area contributed by atoms with Gasteiger partial charge in [0.05, 0.1) is 5.92 Å². The molecule has 7 heteroatoms. The molecule has 3 rings (SSSR count). The SMILES string of the molecule is CN(CCc1ccncc1)C(=O)C1CC(=O)N(c2cc(Cl)cc(Cl)c2)C1. The highest BCUT2D eigenvalue weighted by Crippen LogP contribution is 2.30. The molecule has 0 spiro atoms. The third kappa shape index (κ3) is 4.34. The van der Waals surface area contributed by atoms with Crippen LogP contribution in [0.15, 0.2) is 42.7 Å². The van der Waals surface area contributed by atoms with E-state index in [4.69, 9.17) is 23.2 Å². The fraction of sp³-hybridized carbons (Fsp3) is 0.316. The molecule has 1 aliphatic heterocycles. The Kier molecular flexibility index (Phi) is 5.79. The Morgan fingerprint density at radius 1 is 1.23 bits per heavy atom. The minimum absolute atomic E-state index is 0.0250. The Morgan fingerprint density at radius 2 is 1.88 bits per heavy atom. The number of amides is 2. The van der Waals surface area contributed by atoms with E-state index in [-0.39, 0.29) is 24.2 Å². The number of aromatic nitrogens is 1. The number of carbonyl (C=O) groups excluding carboxylic acids is 2. The van der Waals surface area contributed by atoms with Gasteiger partial charge in [-0.25, -0.2) is 0 Å². The van der Waals surface area contributed by atoms with E-state index in [9.17, 15) is 9.59 Å². The molecule has 0 bridgehead atoms. The highest BCUT2D eigenvalue weighted by atomic mass is 35.5. The maximum absolute atomic E-state index is 12.7. The Labute approximate surface area is 162 Å². The summed E-state index contributed by atoms with van der Waals surface area (Å²) >= 11 is 12.0.